The quantitative estimate of drug-likeness (QED) is 0.298. The highest BCUT2D eigenvalue weighted by atomic mass is 32.2. The number of cyclic esters (lactones) is 1. The second kappa shape index (κ2) is 9.29. The van der Waals surface area contributed by atoms with Gasteiger partial charge in [0.1, 0.15) is 31.1 Å². The molecule has 3 unspecified atom stereocenters. The van der Waals surface area contributed by atoms with Crippen LogP contribution in [0.5, 0.6) is 0 Å². The van der Waals surface area contributed by atoms with Gasteiger partial charge in [0.25, 0.3) is 10.2 Å². The molecule has 11 heteroatoms. The molecule has 2 rings (SSSR count). The molecule has 0 saturated carbocycles. The Morgan fingerprint density at radius 3 is 2.42 bits per heavy atom. The smallest absolute Gasteiger partial charge is 0.411 e. The van der Waals surface area contributed by atoms with Crippen LogP contribution < -0.4 is 9.44 Å². The van der Waals surface area contributed by atoms with E-state index < -0.39 is 46.8 Å². The SMILES string of the molecule is CCCCCCCCNS(=O)(=O)N[C@@H]1C(O)C(O)[C@H](O)C2COC(=O)N21. The highest BCUT2D eigenvalue weighted by Gasteiger charge is 2.54. The van der Waals surface area contributed by atoms with Gasteiger partial charge in [0.2, 0.25) is 0 Å². The summed E-state index contributed by atoms with van der Waals surface area (Å²) >= 11 is 0. The largest absolute Gasteiger partial charge is 0.447 e. The predicted molar refractivity (Wildman–Crippen MR) is 92.2 cm³/mol. The normalized spacial score (nSPS) is 31.8. The summed E-state index contributed by atoms with van der Waals surface area (Å²) in [4.78, 5) is 12.8. The standard InChI is InChI=1S/C15H29N3O7S/c1-2-3-4-5-6-7-8-16-26(23,24)17-14-13(21)12(20)11(19)10-9-25-15(22)18(10)14/h10-14,16-17,19-21H,2-9H2,1H3/t10?,11-,12?,13?,14+/m1/s1. The summed E-state index contributed by atoms with van der Waals surface area (Å²) in [5.74, 6) is 0. The number of carbonyl (C=O) groups is 1. The van der Waals surface area contributed by atoms with Gasteiger partial charge in [0.05, 0.1) is 6.04 Å². The van der Waals surface area contributed by atoms with Crippen molar-refractivity contribution in [1.29, 1.82) is 0 Å². The summed E-state index contributed by atoms with van der Waals surface area (Å²) in [7, 11) is -4.02. The van der Waals surface area contributed by atoms with Crippen LogP contribution in [0.4, 0.5) is 4.79 Å². The van der Waals surface area contributed by atoms with E-state index in [0.717, 1.165) is 37.0 Å². The fourth-order valence-electron chi connectivity index (χ4n) is 3.25. The molecule has 0 aromatic rings. The first-order valence-corrected chi connectivity index (χ1v) is 10.5. The second-order valence-electron chi connectivity index (χ2n) is 6.75. The van der Waals surface area contributed by atoms with Crippen molar-refractivity contribution in [1.82, 2.24) is 14.3 Å². The van der Waals surface area contributed by atoms with E-state index in [1.54, 1.807) is 0 Å². The Morgan fingerprint density at radius 2 is 1.73 bits per heavy atom. The number of hydrogen-bond acceptors (Lipinski definition) is 7. The minimum Gasteiger partial charge on any atom is -0.447 e. The van der Waals surface area contributed by atoms with Gasteiger partial charge in [-0.2, -0.15) is 13.1 Å². The minimum absolute atomic E-state index is 0.187. The molecule has 0 radical (unpaired) electrons. The van der Waals surface area contributed by atoms with Crippen molar-refractivity contribution in [3.63, 3.8) is 0 Å². The first-order chi connectivity index (χ1) is 12.3. The van der Waals surface area contributed by atoms with Gasteiger partial charge in [0.15, 0.2) is 0 Å². The molecular formula is C15H29N3O7S. The molecule has 0 bridgehead atoms. The number of aliphatic hydroxyl groups is 3. The van der Waals surface area contributed by atoms with Crippen LogP contribution in [0.25, 0.3) is 0 Å². The van der Waals surface area contributed by atoms with Crippen LogP contribution in [-0.4, -0.2) is 78.4 Å². The summed E-state index contributed by atoms with van der Waals surface area (Å²) in [6, 6.07) is -0.924. The molecule has 5 N–H and O–H groups in total. The number of rotatable bonds is 10. The molecule has 0 aromatic carbocycles. The molecule has 2 aliphatic heterocycles. The van der Waals surface area contributed by atoms with Gasteiger partial charge in [-0.1, -0.05) is 39.0 Å². The fourth-order valence-corrected chi connectivity index (χ4v) is 4.32. The third kappa shape index (κ3) is 5.05. The van der Waals surface area contributed by atoms with Crippen molar-refractivity contribution >= 4 is 16.3 Å². The Hall–Kier alpha value is -0.980. The van der Waals surface area contributed by atoms with Crippen molar-refractivity contribution < 1.29 is 33.3 Å². The number of ether oxygens (including phenoxy) is 1. The highest BCUT2D eigenvalue weighted by molar-refractivity contribution is 7.87. The molecule has 2 heterocycles. The number of unbranched alkanes of at least 4 members (excludes halogenated alkanes) is 5. The zero-order valence-electron chi connectivity index (χ0n) is 14.9. The number of nitrogens with one attached hydrogen (secondary N) is 2. The van der Waals surface area contributed by atoms with E-state index in [1.165, 1.54) is 0 Å². The number of amides is 1. The molecule has 26 heavy (non-hydrogen) atoms. The number of nitrogens with zero attached hydrogens (tertiary/aromatic N) is 1. The topological polar surface area (TPSA) is 148 Å². The van der Waals surface area contributed by atoms with Gasteiger partial charge in [-0.25, -0.2) is 9.52 Å². The number of piperidine rings is 1. The van der Waals surface area contributed by atoms with E-state index >= 15 is 0 Å². The van der Waals surface area contributed by atoms with E-state index in [2.05, 4.69) is 16.4 Å². The van der Waals surface area contributed by atoms with Crippen LogP contribution in [0.15, 0.2) is 0 Å². The maximum absolute atomic E-state index is 12.2. The summed E-state index contributed by atoms with van der Waals surface area (Å²) in [6.07, 6.45) is -0.950. The number of fused-ring (bicyclic) bond motifs is 1. The molecule has 1 amide bonds. The molecule has 0 aromatic heterocycles. The lowest BCUT2D eigenvalue weighted by molar-refractivity contribution is -0.144. The van der Waals surface area contributed by atoms with Crippen molar-refractivity contribution in [2.45, 2.75) is 76.0 Å². The lowest BCUT2D eigenvalue weighted by Crippen LogP contribution is -2.70. The maximum Gasteiger partial charge on any atom is 0.411 e. The van der Waals surface area contributed by atoms with E-state index in [1.807, 2.05) is 0 Å². The van der Waals surface area contributed by atoms with Crippen molar-refractivity contribution in [2.75, 3.05) is 13.2 Å². The molecule has 152 valence electrons. The summed E-state index contributed by atoms with van der Waals surface area (Å²) < 4.78 is 33.8. The van der Waals surface area contributed by atoms with Crippen molar-refractivity contribution in [3.8, 4) is 0 Å². The average Bonchev–Trinajstić information content (AvgIpc) is 2.97. The molecular weight excluding hydrogens is 366 g/mol. The minimum atomic E-state index is -4.02. The van der Waals surface area contributed by atoms with Gasteiger partial charge in [-0.15, -0.1) is 0 Å². The third-order valence-electron chi connectivity index (χ3n) is 4.76. The first kappa shape index (κ1) is 21.3. The van der Waals surface area contributed by atoms with Gasteiger partial charge in [0, 0.05) is 6.54 Å². The fraction of sp³-hybridized carbons (Fsp3) is 0.933. The molecule has 2 aliphatic rings. The second-order valence-corrected chi connectivity index (χ2v) is 8.28. The molecule has 0 spiro atoms. The van der Waals surface area contributed by atoms with Crippen molar-refractivity contribution in [2.24, 2.45) is 0 Å². The number of aliphatic hydroxyl groups excluding tert-OH is 3. The van der Waals surface area contributed by atoms with Crippen LogP contribution >= 0.6 is 0 Å². The van der Waals surface area contributed by atoms with E-state index in [4.69, 9.17) is 4.74 Å². The molecule has 2 saturated heterocycles. The monoisotopic (exact) mass is 395 g/mol. The maximum atomic E-state index is 12.2. The van der Waals surface area contributed by atoms with Crippen LogP contribution in [-0.2, 0) is 14.9 Å². The van der Waals surface area contributed by atoms with Crippen LogP contribution in [0.2, 0.25) is 0 Å². The molecule has 2 fully saturated rings. The lowest BCUT2D eigenvalue weighted by Gasteiger charge is -2.43. The van der Waals surface area contributed by atoms with Gasteiger partial charge in [-0.3, -0.25) is 4.90 Å². The Kier molecular flexibility index (Phi) is 7.62. The Labute approximate surface area is 153 Å². The summed E-state index contributed by atoms with van der Waals surface area (Å²) in [5, 5.41) is 30.0. The first-order valence-electron chi connectivity index (χ1n) is 9.04. The Morgan fingerprint density at radius 1 is 1.08 bits per heavy atom. The van der Waals surface area contributed by atoms with Gasteiger partial charge < -0.3 is 20.1 Å². The Bertz CT molecular complexity index is 574. The number of hydrogen-bond donors (Lipinski definition) is 5. The van der Waals surface area contributed by atoms with Crippen LogP contribution in [0.1, 0.15) is 45.4 Å². The predicted octanol–water partition coefficient (Wildman–Crippen LogP) is -0.986. The zero-order valence-corrected chi connectivity index (χ0v) is 15.7. The van der Waals surface area contributed by atoms with Crippen molar-refractivity contribution in [3.05, 3.63) is 0 Å². The summed E-state index contributed by atoms with van der Waals surface area (Å²) in [6.45, 7) is 2.16. The number of carbonyl (C=O) groups excluding carboxylic acids is 1. The molecule has 10 nitrogen and oxygen atoms in total. The van der Waals surface area contributed by atoms with E-state index in [9.17, 15) is 28.5 Å². The average molecular weight is 395 g/mol. The van der Waals surface area contributed by atoms with E-state index in [0.29, 0.717) is 6.42 Å². The van der Waals surface area contributed by atoms with Gasteiger partial charge in [-0.05, 0) is 6.42 Å². The molecule has 5 atom stereocenters. The molecule has 0 aliphatic carbocycles. The highest BCUT2D eigenvalue weighted by Crippen LogP contribution is 2.28. The van der Waals surface area contributed by atoms with Crippen LogP contribution in [0, 0.1) is 0 Å². The zero-order chi connectivity index (χ0) is 19.3. The lowest BCUT2D eigenvalue weighted by atomic mass is 9.93. The summed E-state index contributed by atoms with van der Waals surface area (Å²) in [5.41, 5.74) is 0. The van der Waals surface area contributed by atoms with Gasteiger partial charge >= 0.3 is 6.09 Å². The van der Waals surface area contributed by atoms with E-state index in [-0.39, 0.29) is 13.2 Å². The third-order valence-corrected chi connectivity index (χ3v) is 5.90. The van der Waals surface area contributed by atoms with Crippen LogP contribution in [0.3, 0.4) is 0 Å². The Balaban J connectivity index is 1.89.